The van der Waals surface area contributed by atoms with Crippen LogP contribution in [-0.4, -0.2) is 51.3 Å². The van der Waals surface area contributed by atoms with Gasteiger partial charge in [-0.05, 0) is 79.4 Å². The number of piperidine rings is 1. The van der Waals surface area contributed by atoms with Gasteiger partial charge in [0.25, 0.3) is 0 Å². The molecule has 0 radical (unpaired) electrons. The summed E-state index contributed by atoms with van der Waals surface area (Å²) in [4.78, 5) is 17.3. The molecule has 43 heavy (non-hydrogen) atoms. The van der Waals surface area contributed by atoms with E-state index < -0.39 is 10.0 Å². The van der Waals surface area contributed by atoms with Crippen molar-refractivity contribution in [1.29, 1.82) is 10.5 Å². The van der Waals surface area contributed by atoms with Crippen LogP contribution in [0.3, 0.4) is 0 Å². The summed E-state index contributed by atoms with van der Waals surface area (Å²) in [5.74, 6) is 1.29. The molecule has 2 N–H and O–H groups in total. The van der Waals surface area contributed by atoms with E-state index in [0.29, 0.717) is 35.0 Å². The molecule has 0 unspecified atom stereocenters. The monoisotopic (exact) mass is 600 g/mol. The van der Waals surface area contributed by atoms with Crippen LogP contribution in [0, 0.1) is 22.7 Å². The minimum absolute atomic E-state index is 0.0523. The lowest BCUT2D eigenvalue weighted by atomic mass is 10.0. The van der Waals surface area contributed by atoms with Crippen LogP contribution in [-0.2, 0) is 16.6 Å². The molecule has 3 aromatic carbocycles. The Labute approximate surface area is 253 Å². The molecule has 224 valence electrons. The van der Waals surface area contributed by atoms with E-state index in [-0.39, 0.29) is 17.6 Å². The summed E-state index contributed by atoms with van der Waals surface area (Å²) in [5, 5.41) is 21.8. The smallest absolute Gasteiger partial charge is 0.322 e. The van der Waals surface area contributed by atoms with Gasteiger partial charge >= 0.3 is 6.03 Å². The van der Waals surface area contributed by atoms with E-state index in [1.807, 2.05) is 30.3 Å². The van der Waals surface area contributed by atoms with Crippen molar-refractivity contribution in [2.45, 2.75) is 45.2 Å². The molecule has 10 nitrogen and oxygen atoms in total. The number of sulfonamides is 1. The van der Waals surface area contributed by atoms with Crippen molar-refractivity contribution in [3.63, 3.8) is 0 Å². The number of nitriles is 2. The number of carbonyl (C=O) groups excluding carboxylic acids is 1. The van der Waals surface area contributed by atoms with Crippen molar-refractivity contribution in [1.82, 2.24) is 10.2 Å². The zero-order valence-electron chi connectivity index (χ0n) is 24.4. The molecule has 0 atom stereocenters. The average Bonchev–Trinajstić information content (AvgIpc) is 2.99. The van der Waals surface area contributed by atoms with Crippen LogP contribution < -0.4 is 19.7 Å². The van der Waals surface area contributed by atoms with Crippen LogP contribution in [0.15, 0.2) is 66.7 Å². The Morgan fingerprint density at radius 3 is 2.19 bits per heavy atom. The fourth-order valence-electron chi connectivity index (χ4n) is 4.90. The number of nitrogens with one attached hydrogen (secondary N) is 2. The molecule has 1 aliphatic heterocycles. The van der Waals surface area contributed by atoms with Gasteiger partial charge in [-0.15, -0.1) is 0 Å². The topological polar surface area (TPSA) is 139 Å². The lowest BCUT2D eigenvalue weighted by molar-refractivity contribution is 0.188. The molecule has 0 bridgehead atoms. The first-order valence-electron chi connectivity index (χ1n) is 14.3. The van der Waals surface area contributed by atoms with Crippen LogP contribution in [0.4, 0.5) is 16.2 Å². The minimum Gasteiger partial charge on any atom is -0.457 e. The number of unbranched alkanes of at least 4 members (excludes halogenated alkanes) is 1. The summed E-state index contributed by atoms with van der Waals surface area (Å²) in [6, 6.07) is 23.5. The quantitative estimate of drug-likeness (QED) is 0.293. The van der Waals surface area contributed by atoms with E-state index >= 15 is 0 Å². The Hall–Kier alpha value is -4.58. The maximum atomic E-state index is 13.3. The van der Waals surface area contributed by atoms with Gasteiger partial charge in [-0.2, -0.15) is 10.5 Å². The molecule has 3 aromatic rings. The Morgan fingerprint density at radius 1 is 0.977 bits per heavy atom. The molecule has 0 saturated carbocycles. The van der Waals surface area contributed by atoms with Crippen molar-refractivity contribution in [2.75, 3.05) is 35.5 Å². The van der Waals surface area contributed by atoms with E-state index in [2.05, 4.69) is 27.9 Å². The Kier molecular flexibility index (Phi) is 10.6. The second kappa shape index (κ2) is 14.5. The predicted molar refractivity (Wildman–Crippen MR) is 166 cm³/mol. The van der Waals surface area contributed by atoms with Crippen molar-refractivity contribution >= 4 is 27.4 Å². The van der Waals surface area contributed by atoms with E-state index in [0.717, 1.165) is 57.1 Å². The van der Waals surface area contributed by atoms with Gasteiger partial charge in [0.05, 0.1) is 17.4 Å². The normalized spacial score (nSPS) is 13.9. The Bertz CT molecular complexity index is 1590. The van der Waals surface area contributed by atoms with Gasteiger partial charge in [0, 0.05) is 43.6 Å². The maximum Gasteiger partial charge on any atom is 0.322 e. The summed E-state index contributed by atoms with van der Waals surface area (Å²) in [6.07, 6.45) is 4.52. The molecule has 1 saturated heterocycles. The minimum atomic E-state index is -3.33. The van der Waals surface area contributed by atoms with Crippen LogP contribution in [0.5, 0.6) is 11.5 Å². The van der Waals surface area contributed by atoms with E-state index in [9.17, 15) is 23.7 Å². The van der Waals surface area contributed by atoms with Gasteiger partial charge in [0.15, 0.2) is 0 Å². The number of nitrogens with zero attached hydrogens (tertiary/aromatic N) is 4. The highest BCUT2D eigenvalue weighted by Crippen LogP contribution is 2.25. The van der Waals surface area contributed by atoms with Crippen LogP contribution >= 0.6 is 0 Å². The number of likely N-dealkylation sites (tertiary alicyclic amines) is 1. The van der Waals surface area contributed by atoms with Crippen LogP contribution in [0.2, 0.25) is 0 Å². The molecule has 4 rings (SSSR count). The number of ether oxygens (including phenoxy) is 1. The molecule has 0 aliphatic carbocycles. The molecular weight excluding hydrogens is 564 g/mol. The first-order valence-corrected chi connectivity index (χ1v) is 16.2. The SMILES string of the molecule is CCCCN(C(=O)NC1CCN(Cc2ccc(Oc3ccc(NS(C)(=O)=O)cc3)cc2)CC1)c1ccc(C#N)c(C#N)c1. The van der Waals surface area contributed by atoms with E-state index in [1.54, 1.807) is 47.4 Å². The molecule has 11 heteroatoms. The third-order valence-electron chi connectivity index (χ3n) is 7.17. The zero-order valence-corrected chi connectivity index (χ0v) is 25.2. The van der Waals surface area contributed by atoms with Crippen LogP contribution in [0.1, 0.15) is 49.3 Å². The number of amides is 2. The van der Waals surface area contributed by atoms with Gasteiger partial charge in [-0.25, -0.2) is 13.2 Å². The van der Waals surface area contributed by atoms with Gasteiger partial charge in [0.1, 0.15) is 23.6 Å². The molecule has 1 heterocycles. The Morgan fingerprint density at radius 2 is 1.60 bits per heavy atom. The van der Waals surface area contributed by atoms with Gasteiger partial charge < -0.3 is 10.1 Å². The second-order valence-corrected chi connectivity index (χ2v) is 12.4. The van der Waals surface area contributed by atoms with Crippen molar-refractivity contribution in [3.05, 3.63) is 83.4 Å². The summed E-state index contributed by atoms with van der Waals surface area (Å²) in [5.41, 5.74) is 2.81. The number of urea groups is 1. The van der Waals surface area contributed by atoms with Gasteiger partial charge in [-0.1, -0.05) is 25.5 Å². The molecule has 1 aliphatic rings. The highest BCUT2D eigenvalue weighted by Gasteiger charge is 2.24. The first kappa shape index (κ1) is 31.4. The second-order valence-electron chi connectivity index (χ2n) is 10.6. The number of anilines is 2. The van der Waals surface area contributed by atoms with Crippen molar-refractivity contribution in [2.24, 2.45) is 0 Å². The van der Waals surface area contributed by atoms with E-state index in [1.165, 1.54) is 0 Å². The maximum absolute atomic E-state index is 13.3. The summed E-state index contributed by atoms with van der Waals surface area (Å²) >= 11 is 0. The molecular formula is C32H36N6O4S. The lowest BCUT2D eigenvalue weighted by Gasteiger charge is -2.34. The third-order valence-corrected chi connectivity index (χ3v) is 7.78. The highest BCUT2D eigenvalue weighted by atomic mass is 32.2. The number of hydrogen-bond acceptors (Lipinski definition) is 7. The van der Waals surface area contributed by atoms with Gasteiger partial charge in [0.2, 0.25) is 10.0 Å². The molecule has 2 amide bonds. The molecule has 0 spiro atoms. The number of carbonyl (C=O) groups is 1. The number of hydrogen-bond donors (Lipinski definition) is 2. The van der Waals surface area contributed by atoms with E-state index in [4.69, 9.17) is 4.74 Å². The first-order chi connectivity index (χ1) is 20.7. The fraction of sp³-hybridized carbons (Fsp3) is 0.344. The summed E-state index contributed by atoms with van der Waals surface area (Å²) < 4.78 is 31.1. The standard InChI is InChI=1S/C32H36N6O4S/c1-3-4-17-38(29-10-7-25(21-33)26(20-29)22-34)32(39)35-27-15-18-37(19-16-27)23-24-5-11-30(12-6-24)42-31-13-8-28(9-14-31)36-43(2,40)41/h5-14,20,27,36H,3-4,15-19,23H2,1-2H3,(H,35,39). The van der Waals surface area contributed by atoms with Crippen molar-refractivity contribution < 1.29 is 17.9 Å². The predicted octanol–water partition coefficient (Wildman–Crippen LogP) is 5.57. The molecule has 0 aromatic heterocycles. The zero-order chi connectivity index (χ0) is 30.8. The van der Waals surface area contributed by atoms with Crippen LogP contribution in [0.25, 0.3) is 0 Å². The lowest BCUT2D eigenvalue weighted by Crippen LogP contribution is -2.49. The number of benzene rings is 3. The third kappa shape index (κ3) is 9.20. The fourth-order valence-corrected chi connectivity index (χ4v) is 5.47. The largest absolute Gasteiger partial charge is 0.457 e. The van der Waals surface area contributed by atoms with Crippen molar-refractivity contribution in [3.8, 4) is 23.6 Å². The molecule has 1 fully saturated rings. The summed E-state index contributed by atoms with van der Waals surface area (Å²) in [7, 11) is -3.33. The summed E-state index contributed by atoms with van der Waals surface area (Å²) in [6.45, 7) is 5.08. The Balaban J connectivity index is 1.27. The number of rotatable bonds is 11. The average molecular weight is 601 g/mol. The highest BCUT2D eigenvalue weighted by molar-refractivity contribution is 7.92. The van der Waals surface area contributed by atoms with Gasteiger partial charge in [-0.3, -0.25) is 14.5 Å².